The first kappa shape index (κ1) is 10.0. The lowest BCUT2D eigenvalue weighted by Crippen LogP contribution is -2.10. The van der Waals surface area contributed by atoms with Gasteiger partial charge in [-0.15, -0.1) is 11.6 Å². The third kappa shape index (κ3) is 1.95. The molecule has 76 valence electrons. The Bertz CT molecular complexity index is 318. The highest BCUT2D eigenvalue weighted by Gasteiger charge is 2.36. The summed E-state index contributed by atoms with van der Waals surface area (Å²) in [7, 11) is 0. The zero-order valence-corrected chi connectivity index (χ0v) is 9.81. The van der Waals surface area contributed by atoms with Gasteiger partial charge in [-0.1, -0.05) is 45.0 Å². The van der Waals surface area contributed by atoms with Crippen LogP contribution in [0.1, 0.15) is 44.2 Å². The quantitative estimate of drug-likeness (QED) is 0.611. The standard InChI is InChI=1S/C13H17Cl/c1-13(2,3)10-6-4-9(5-7-10)11-8-12(11)14/h4-7,11-12H,8H2,1-3H3/t11?,12-/m0/s1. The van der Waals surface area contributed by atoms with Gasteiger partial charge < -0.3 is 0 Å². The molecule has 1 saturated carbocycles. The molecule has 1 heteroatoms. The van der Waals surface area contributed by atoms with E-state index < -0.39 is 0 Å². The van der Waals surface area contributed by atoms with Crippen LogP contribution in [0.25, 0.3) is 0 Å². The summed E-state index contributed by atoms with van der Waals surface area (Å²) in [5.41, 5.74) is 3.05. The van der Waals surface area contributed by atoms with Crippen LogP contribution in [0.5, 0.6) is 0 Å². The minimum Gasteiger partial charge on any atom is -0.122 e. The van der Waals surface area contributed by atoms with E-state index in [1.54, 1.807) is 0 Å². The maximum absolute atomic E-state index is 6.02. The second-order valence-corrected chi connectivity index (χ2v) is 5.79. The third-order valence-corrected chi connectivity index (χ3v) is 3.40. The van der Waals surface area contributed by atoms with Gasteiger partial charge in [-0.3, -0.25) is 0 Å². The molecule has 0 nitrogen and oxygen atoms in total. The molecule has 0 aliphatic heterocycles. The Hall–Kier alpha value is -0.490. The van der Waals surface area contributed by atoms with Crippen molar-refractivity contribution in [1.82, 2.24) is 0 Å². The van der Waals surface area contributed by atoms with Crippen molar-refractivity contribution < 1.29 is 0 Å². The Morgan fingerprint density at radius 2 is 1.64 bits per heavy atom. The fourth-order valence-corrected chi connectivity index (χ4v) is 2.08. The zero-order valence-electron chi connectivity index (χ0n) is 9.05. The van der Waals surface area contributed by atoms with Crippen LogP contribution >= 0.6 is 11.6 Å². The Labute approximate surface area is 91.3 Å². The number of benzene rings is 1. The average molecular weight is 209 g/mol. The minimum absolute atomic E-state index is 0.252. The van der Waals surface area contributed by atoms with E-state index in [0.717, 1.165) is 6.42 Å². The van der Waals surface area contributed by atoms with Crippen LogP contribution in [0.15, 0.2) is 24.3 Å². The fourth-order valence-electron chi connectivity index (χ4n) is 1.74. The first-order valence-corrected chi connectivity index (χ1v) is 5.66. The van der Waals surface area contributed by atoms with E-state index in [1.807, 2.05) is 0 Å². The predicted molar refractivity (Wildman–Crippen MR) is 62.1 cm³/mol. The van der Waals surface area contributed by atoms with E-state index in [2.05, 4.69) is 45.0 Å². The number of hydrogen-bond donors (Lipinski definition) is 0. The van der Waals surface area contributed by atoms with Gasteiger partial charge in [-0.25, -0.2) is 0 Å². The van der Waals surface area contributed by atoms with Crippen LogP contribution in [0.3, 0.4) is 0 Å². The zero-order chi connectivity index (χ0) is 10.3. The molecular weight excluding hydrogens is 192 g/mol. The van der Waals surface area contributed by atoms with Gasteiger partial charge in [0.25, 0.3) is 0 Å². The van der Waals surface area contributed by atoms with E-state index in [9.17, 15) is 0 Å². The van der Waals surface area contributed by atoms with Crippen LogP contribution in [-0.2, 0) is 5.41 Å². The van der Waals surface area contributed by atoms with Crippen molar-refractivity contribution in [2.75, 3.05) is 0 Å². The summed E-state index contributed by atoms with van der Waals surface area (Å²) in [6.45, 7) is 6.72. The van der Waals surface area contributed by atoms with Gasteiger partial charge in [-0.2, -0.15) is 0 Å². The second kappa shape index (κ2) is 3.27. The molecule has 0 N–H and O–H groups in total. The molecule has 0 saturated heterocycles. The summed E-state index contributed by atoms with van der Waals surface area (Å²) in [6, 6.07) is 8.93. The van der Waals surface area contributed by atoms with Crippen molar-refractivity contribution in [1.29, 1.82) is 0 Å². The molecule has 0 aromatic heterocycles. The van der Waals surface area contributed by atoms with E-state index in [0.29, 0.717) is 11.3 Å². The maximum Gasteiger partial charge on any atom is 0.0411 e. The van der Waals surface area contributed by atoms with E-state index in [-0.39, 0.29) is 5.41 Å². The van der Waals surface area contributed by atoms with E-state index in [4.69, 9.17) is 11.6 Å². The predicted octanol–water partition coefficient (Wildman–Crippen LogP) is 4.08. The van der Waals surface area contributed by atoms with E-state index >= 15 is 0 Å². The maximum atomic E-state index is 6.02. The fraction of sp³-hybridized carbons (Fsp3) is 0.538. The van der Waals surface area contributed by atoms with Crippen molar-refractivity contribution in [2.24, 2.45) is 0 Å². The Morgan fingerprint density at radius 1 is 1.14 bits per heavy atom. The summed E-state index contributed by atoms with van der Waals surface area (Å²) >= 11 is 6.02. The van der Waals surface area contributed by atoms with Crippen molar-refractivity contribution in [3.05, 3.63) is 35.4 Å². The molecule has 0 bridgehead atoms. The van der Waals surface area contributed by atoms with Gasteiger partial charge in [-0.05, 0) is 23.0 Å². The normalized spacial score (nSPS) is 26.3. The summed E-state index contributed by atoms with van der Waals surface area (Å²) < 4.78 is 0. The van der Waals surface area contributed by atoms with Crippen LogP contribution in [-0.4, -0.2) is 5.38 Å². The van der Waals surface area contributed by atoms with Crippen molar-refractivity contribution >= 4 is 11.6 Å². The Balaban J connectivity index is 2.18. The smallest absolute Gasteiger partial charge is 0.0411 e. The van der Waals surface area contributed by atoms with Gasteiger partial charge in [0.05, 0.1) is 0 Å². The lowest BCUT2D eigenvalue weighted by molar-refractivity contribution is 0.590. The van der Waals surface area contributed by atoms with Gasteiger partial charge in [0.15, 0.2) is 0 Å². The topological polar surface area (TPSA) is 0 Å². The molecule has 2 atom stereocenters. The van der Waals surface area contributed by atoms with Crippen molar-refractivity contribution in [3.8, 4) is 0 Å². The highest BCUT2D eigenvalue weighted by Crippen LogP contribution is 2.45. The molecular formula is C13H17Cl. The summed E-state index contributed by atoms with van der Waals surface area (Å²) in [5.74, 6) is 0.616. The number of rotatable bonds is 1. The van der Waals surface area contributed by atoms with Crippen LogP contribution < -0.4 is 0 Å². The molecule has 14 heavy (non-hydrogen) atoms. The summed E-state index contributed by atoms with van der Waals surface area (Å²) in [5, 5.41) is 0.385. The van der Waals surface area contributed by atoms with Gasteiger partial charge >= 0.3 is 0 Å². The van der Waals surface area contributed by atoms with E-state index in [1.165, 1.54) is 11.1 Å². The molecule has 1 aromatic carbocycles. The van der Waals surface area contributed by atoms with Gasteiger partial charge in [0, 0.05) is 11.3 Å². The third-order valence-electron chi connectivity index (χ3n) is 2.92. The van der Waals surface area contributed by atoms with Crippen LogP contribution in [0, 0.1) is 0 Å². The molecule has 0 heterocycles. The van der Waals surface area contributed by atoms with Crippen LogP contribution in [0.4, 0.5) is 0 Å². The molecule has 1 aliphatic rings. The largest absolute Gasteiger partial charge is 0.122 e. The number of hydrogen-bond acceptors (Lipinski definition) is 0. The van der Waals surface area contributed by atoms with Gasteiger partial charge in [0.2, 0.25) is 0 Å². The molecule has 1 fully saturated rings. The minimum atomic E-state index is 0.252. The molecule has 1 aromatic rings. The highest BCUT2D eigenvalue weighted by atomic mass is 35.5. The van der Waals surface area contributed by atoms with Crippen molar-refractivity contribution in [2.45, 2.75) is 43.9 Å². The first-order valence-electron chi connectivity index (χ1n) is 5.23. The highest BCUT2D eigenvalue weighted by molar-refractivity contribution is 6.23. The number of alkyl halides is 1. The second-order valence-electron chi connectivity index (χ2n) is 5.23. The summed E-state index contributed by atoms with van der Waals surface area (Å²) in [4.78, 5) is 0. The molecule has 0 radical (unpaired) electrons. The molecule has 1 aliphatic carbocycles. The summed E-state index contributed by atoms with van der Waals surface area (Å²) in [6.07, 6.45) is 1.15. The van der Waals surface area contributed by atoms with Crippen molar-refractivity contribution in [3.63, 3.8) is 0 Å². The molecule has 2 rings (SSSR count). The monoisotopic (exact) mass is 208 g/mol. The molecule has 1 unspecified atom stereocenters. The lowest BCUT2D eigenvalue weighted by Gasteiger charge is -2.19. The Morgan fingerprint density at radius 3 is 2.00 bits per heavy atom. The molecule has 0 spiro atoms. The number of halogens is 1. The molecule has 0 amide bonds. The van der Waals surface area contributed by atoms with Gasteiger partial charge in [0.1, 0.15) is 0 Å². The first-order chi connectivity index (χ1) is 6.48. The SMILES string of the molecule is CC(C)(C)c1ccc(C2C[C@@H]2Cl)cc1. The average Bonchev–Trinajstić information content (AvgIpc) is 2.81. The Kier molecular flexibility index (Phi) is 2.35. The lowest BCUT2D eigenvalue weighted by atomic mass is 9.86. The van der Waals surface area contributed by atoms with Crippen LogP contribution in [0.2, 0.25) is 0 Å².